The zero-order valence-corrected chi connectivity index (χ0v) is 12.5. The lowest BCUT2D eigenvalue weighted by Crippen LogP contribution is -2.20. The van der Waals surface area contributed by atoms with Crippen LogP contribution in [0.2, 0.25) is 0 Å². The first-order valence-electron chi connectivity index (χ1n) is 7.47. The van der Waals surface area contributed by atoms with Gasteiger partial charge in [0.05, 0.1) is 0 Å². The molecule has 0 heterocycles. The molecule has 1 amide bonds. The number of anilines is 1. The van der Waals surface area contributed by atoms with Crippen molar-refractivity contribution < 1.29 is 9.90 Å². The van der Waals surface area contributed by atoms with Gasteiger partial charge in [0.1, 0.15) is 0 Å². The molecule has 116 valence electrons. The van der Waals surface area contributed by atoms with Crippen molar-refractivity contribution in [1.82, 2.24) is 0 Å². The topological polar surface area (TPSA) is 89.3 Å². The van der Waals surface area contributed by atoms with Gasteiger partial charge in [0.2, 0.25) is 0 Å². The van der Waals surface area contributed by atoms with E-state index in [1.165, 1.54) is 11.1 Å². The average Bonchev–Trinajstić information content (AvgIpc) is 2.53. The molecule has 2 rings (SSSR count). The Morgan fingerprint density at radius 1 is 0.909 bits per heavy atom. The monoisotopic (exact) mass is 298 g/mol. The Morgan fingerprint density at radius 2 is 1.36 bits per heavy atom. The molecule has 1 unspecified atom stereocenters. The molecule has 2 aromatic rings. The molecule has 0 spiro atoms. The van der Waals surface area contributed by atoms with E-state index in [9.17, 15) is 9.90 Å². The van der Waals surface area contributed by atoms with Gasteiger partial charge in [-0.2, -0.15) is 0 Å². The van der Waals surface area contributed by atoms with E-state index in [1.54, 1.807) is 12.1 Å². The average molecular weight is 298 g/mol. The van der Waals surface area contributed by atoms with Crippen LogP contribution >= 0.6 is 0 Å². The molecular formula is C18H22N2O2. The summed E-state index contributed by atoms with van der Waals surface area (Å²) in [7, 11) is 0. The van der Waals surface area contributed by atoms with Crippen molar-refractivity contribution in [3.63, 3.8) is 0 Å². The van der Waals surface area contributed by atoms with Crippen LogP contribution in [0.1, 0.15) is 35.6 Å². The minimum absolute atomic E-state index is 0.540. The lowest BCUT2D eigenvalue weighted by Gasteiger charge is -2.08. The van der Waals surface area contributed by atoms with Crippen LogP contribution in [0.4, 0.5) is 5.69 Å². The largest absolute Gasteiger partial charge is 0.399 e. The summed E-state index contributed by atoms with van der Waals surface area (Å²) in [6, 6.07) is 15.4. The highest BCUT2D eigenvalue weighted by Gasteiger charge is 2.12. The van der Waals surface area contributed by atoms with Crippen LogP contribution in [0.5, 0.6) is 0 Å². The number of benzene rings is 2. The molecule has 0 bridgehead atoms. The maximum atomic E-state index is 10.9. The number of nitrogen functional groups attached to an aromatic ring is 1. The summed E-state index contributed by atoms with van der Waals surface area (Å²) >= 11 is 0. The number of primary amides is 1. The molecule has 0 aliphatic carbocycles. The first kappa shape index (κ1) is 16.0. The summed E-state index contributed by atoms with van der Waals surface area (Å²) in [5.74, 6) is -0.726. The Hall–Kier alpha value is -2.33. The summed E-state index contributed by atoms with van der Waals surface area (Å²) < 4.78 is 0. The second kappa shape index (κ2) is 7.61. The Labute approximate surface area is 130 Å². The highest BCUT2D eigenvalue weighted by atomic mass is 16.3. The standard InChI is InChI=1S/C18H22N2O2/c19-16-11-7-14(8-12-16)4-2-1-3-13-5-9-15(10-6-13)17(21)18(20)22/h5-12,17,21H,1-4,19H2,(H2,20,22). The van der Waals surface area contributed by atoms with Gasteiger partial charge < -0.3 is 16.6 Å². The summed E-state index contributed by atoms with van der Waals surface area (Å²) in [5, 5.41) is 9.56. The van der Waals surface area contributed by atoms with E-state index in [-0.39, 0.29) is 0 Å². The third-order valence-corrected chi connectivity index (χ3v) is 3.73. The van der Waals surface area contributed by atoms with E-state index in [2.05, 4.69) is 12.1 Å². The first-order valence-corrected chi connectivity index (χ1v) is 7.47. The highest BCUT2D eigenvalue weighted by molar-refractivity contribution is 5.80. The zero-order valence-electron chi connectivity index (χ0n) is 12.5. The molecule has 0 aliphatic heterocycles. The number of unbranched alkanes of at least 4 members (excludes halogenated alkanes) is 1. The van der Waals surface area contributed by atoms with Crippen LogP contribution in [0, 0.1) is 0 Å². The number of aliphatic hydroxyl groups excluding tert-OH is 1. The van der Waals surface area contributed by atoms with E-state index in [0.717, 1.165) is 31.4 Å². The smallest absolute Gasteiger partial charge is 0.250 e. The lowest BCUT2D eigenvalue weighted by molar-refractivity contribution is -0.126. The number of nitrogens with two attached hydrogens (primary N) is 2. The minimum Gasteiger partial charge on any atom is -0.399 e. The van der Waals surface area contributed by atoms with Gasteiger partial charge in [-0.1, -0.05) is 36.4 Å². The second-order valence-corrected chi connectivity index (χ2v) is 5.50. The Balaban J connectivity index is 1.77. The molecule has 4 nitrogen and oxygen atoms in total. The Bertz CT molecular complexity index is 606. The van der Waals surface area contributed by atoms with E-state index >= 15 is 0 Å². The molecule has 4 heteroatoms. The van der Waals surface area contributed by atoms with Gasteiger partial charge in [-0.15, -0.1) is 0 Å². The Kier molecular flexibility index (Phi) is 5.55. The molecule has 0 saturated heterocycles. The predicted octanol–water partition coefficient (Wildman–Crippen LogP) is 2.35. The summed E-state index contributed by atoms with van der Waals surface area (Å²) in [4.78, 5) is 10.9. The summed E-state index contributed by atoms with van der Waals surface area (Å²) in [6.45, 7) is 0. The number of hydrogen-bond donors (Lipinski definition) is 3. The number of carbonyl (C=O) groups excluding carboxylic acids is 1. The van der Waals surface area contributed by atoms with Crippen molar-refractivity contribution in [3.8, 4) is 0 Å². The summed E-state index contributed by atoms with van der Waals surface area (Å²) in [5.41, 5.74) is 14.6. The van der Waals surface area contributed by atoms with Crippen molar-refractivity contribution in [1.29, 1.82) is 0 Å². The van der Waals surface area contributed by atoms with E-state index < -0.39 is 12.0 Å². The summed E-state index contributed by atoms with van der Waals surface area (Å²) in [6.07, 6.45) is 2.98. The van der Waals surface area contributed by atoms with Crippen LogP contribution in [0.15, 0.2) is 48.5 Å². The lowest BCUT2D eigenvalue weighted by atomic mass is 10.0. The third kappa shape index (κ3) is 4.60. The van der Waals surface area contributed by atoms with Gasteiger partial charge in [0, 0.05) is 5.69 Å². The number of amides is 1. The molecule has 1 atom stereocenters. The molecule has 2 aromatic carbocycles. The fourth-order valence-corrected chi connectivity index (χ4v) is 2.37. The van der Waals surface area contributed by atoms with E-state index in [4.69, 9.17) is 11.5 Å². The number of aryl methyl sites for hydroxylation is 2. The van der Waals surface area contributed by atoms with Gasteiger partial charge in [0.15, 0.2) is 6.10 Å². The maximum absolute atomic E-state index is 10.9. The van der Waals surface area contributed by atoms with Gasteiger partial charge in [-0.3, -0.25) is 4.79 Å². The highest BCUT2D eigenvalue weighted by Crippen LogP contribution is 2.15. The molecular weight excluding hydrogens is 276 g/mol. The first-order chi connectivity index (χ1) is 10.6. The third-order valence-electron chi connectivity index (χ3n) is 3.73. The normalized spacial score (nSPS) is 12.0. The van der Waals surface area contributed by atoms with E-state index in [1.807, 2.05) is 24.3 Å². The van der Waals surface area contributed by atoms with Crippen molar-refractivity contribution in [2.45, 2.75) is 31.8 Å². The van der Waals surface area contributed by atoms with Crippen LogP contribution in [-0.4, -0.2) is 11.0 Å². The van der Waals surface area contributed by atoms with Crippen molar-refractivity contribution in [2.24, 2.45) is 5.73 Å². The minimum atomic E-state index is -1.22. The predicted molar refractivity (Wildman–Crippen MR) is 88.1 cm³/mol. The molecule has 0 saturated carbocycles. The van der Waals surface area contributed by atoms with Crippen molar-refractivity contribution in [3.05, 3.63) is 65.2 Å². The molecule has 22 heavy (non-hydrogen) atoms. The van der Waals surface area contributed by atoms with Gasteiger partial charge in [0.25, 0.3) is 5.91 Å². The quantitative estimate of drug-likeness (QED) is 0.541. The number of hydrogen-bond acceptors (Lipinski definition) is 3. The van der Waals surface area contributed by atoms with Crippen LogP contribution < -0.4 is 11.5 Å². The maximum Gasteiger partial charge on any atom is 0.250 e. The van der Waals surface area contributed by atoms with Gasteiger partial charge >= 0.3 is 0 Å². The molecule has 0 aromatic heterocycles. The SMILES string of the molecule is NC(=O)C(O)c1ccc(CCCCc2ccc(N)cc2)cc1. The second-order valence-electron chi connectivity index (χ2n) is 5.50. The number of aliphatic hydroxyl groups is 1. The molecule has 0 aliphatic rings. The molecule has 5 N–H and O–H groups in total. The molecule has 0 radical (unpaired) electrons. The zero-order chi connectivity index (χ0) is 15.9. The molecule has 0 fully saturated rings. The van der Waals surface area contributed by atoms with Crippen LogP contribution in [0.3, 0.4) is 0 Å². The fourth-order valence-electron chi connectivity index (χ4n) is 2.37. The van der Waals surface area contributed by atoms with E-state index in [0.29, 0.717) is 5.56 Å². The fraction of sp³-hybridized carbons (Fsp3) is 0.278. The van der Waals surface area contributed by atoms with Crippen molar-refractivity contribution in [2.75, 3.05) is 5.73 Å². The van der Waals surface area contributed by atoms with Gasteiger partial charge in [-0.05, 0) is 54.5 Å². The van der Waals surface area contributed by atoms with Crippen molar-refractivity contribution >= 4 is 11.6 Å². The Morgan fingerprint density at radius 3 is 1.82 bits per heavy atom. The van der Waals surface area contributed by atoms with Crippen LogP contribution in [-0.2, 0) is 17.6 Å². The van der Waals surface area contributed by atoms with Crippen LogP contribution in [0.25, 0.3) is 0 Å². The number of carbonyl (C=O) groups is 1. The van der Waals surface area contributed by atoms with Gasteiger partial charge in [-0.25, -0.2) is 0 Å². The number of rotatable bonds is 7.